The molecule has 0 heterocycles. The van der Waals surface area contributed by atoms with Crippen LogP contribution in [0.1, 0.15) is 0 Å². The Labute approximate surface area is 72.6 Å². The summed E-state index contributed by atoms with van der Waals surface area (Å²) in [7, 11) is 6.74. The Morgan fingerprint density at radius 3 is 1.91 bits per heavy atom. The van der Waals surface area contributed by atoms with Crippen LogP contribution in [0.25, 0.3) is 0 Å². The van der Waals surface area contributed by atoms with Gasteiger partial charge < -0.3 is 4.90 Å². The average molecular weight is 167 g/mol. The van der Waals surface area contributed by atoms with Gasteiger partial charge in [0.05, 0.1) is 8.41 Å². The lowest BCUT2D eigenvalue weighted by molar-refractivity contribution is 1.13. The first-order valence-corrected chi connectivity index (χ1v) is 3.81. The third kappa shape index (κ3) is 2.94. The van der Waals surface area contributed by atoms with Crippen LogP contribution >= 0.6 is 9.24 Å². The van der Waals surface area contributed by atoms with E-state index in [1.54, 1.807) is 0 Å². The Morgan fingerprint density at radius 2 is 1.55 bits per heavy atom. The Balaban J connectivity index is 0.000001000. The number of hydrogen-bond acceptors (Lipinski definition) is 1. The molecule has 60 valence electrons. The van der Waals surface area contributed by atoms with E-state index in [0.29, 0.717) is 0 Å². The molecule has 0 aliphatic rings. The highest BCUT2D eigenvalue weighted by Gasteiger charge is 1.90. The molecule has 0 amide bonds. The SMILES string of the molecule is B.CN(C)c1ccc(P)cc1. The van der Waals surface area contributed by atoms with Crippen molar-refractivity contribution in [2.45, 2.75) is 0 Å². The van der Waals surface area contributed by atoms with Crippen LogP contribution in [0.15, 0.2) is 24.3 Å². The van der Waals surface area contributed by atoms with Crippen molar-refractivity contribution >= 4 is 28.6 Å². The molecule has 1 aromatic carbocycles. The molecule has 1 nitrogen and oxygen atoms in total. The zero-order valence-corrected chi connectivity index (χ0v) is 7.49. The predicted octanol–water partition coefficient (Wildman–Crippen LogP) is 0.0691. The van der Waals surface area contributed by atoms with Crippen LogP contribution in [0, 0.1) is 0 Å². The summed E-state index contributed by atoms with van der Waals surface area (Å²) >= 11 is 0. The Kier molecular flexibility index (Phi) is 4.21. The minimum Gasteiger partial charge on any atom is -0.378 e. The van der Waals surface area contributed by atoms with Gasteiger partial charge in [0, 0.05) is 19.8 Å². The van der Waals surface area contributed by atoms with Crippen LogP contribution in [0.4, 0.5) is 5.69 Å². The first kappa shape index (κ1) is 10.5. The minimum absolute atomic E-state index is 0. The third-order valence-electron chi connectivity index (χ3n) is 1.41. The molecule has 0 N–H and O–H groups in total. The first-order chi connectivity index (χ1) is 4.70. The normalized spacial score (nSPS) is 8.64. The third-order valence-corrected chi connectivity index (χ3v) is 1.79. The lowest BCUT2D eigenvalue weighted by atomic mass is 10.3. The molecule has 3 heteroatoms. The molecule has 0 aliphatic carbocycles. The van der Waals surface area contributed by atoms with E-state index in [2.05, 4.69) is 38.4 Å². The number of rotatable bonds is 1. The lowest BCUT2D eigenvalue weighted by Crippen LogP contribution is -2.08. The molecule has 11 heavy (non-hydrogen) atoms. The molecule has 0 aliphatic heterocycles. The fourth-order valence-electron chi connectivity index (χ4n) is 0.772. The summed E-state index contributed by atoms with van der Waals surface area (Å²) in [6.45, 7) is 0. The quantitative estimate of drug-likeness (QED) is 0.422. The standard InChI is InChI=1S/C8H12NP.BH3/c1-9(2)7-3-5-8(10)6-4-7;/h3-6H,10H2,1-2H3;1H3. The number of anilines is 1. The summed E-state index contributed by atoms with van der Waals surface area (Å²) in [5.74, 6) is 0. The van der Waals surface area contributed by atoms with Crippen molar-refractivity contribution in [3.8, 4) is 0 Å². The second-order valence-corrected chi connectivity index (χ2v) is 3.15. The first-order valence-electron chi connectivity index (χ1n) is 3.23. The van der Waals surface area contributed by atoms with Crippen LogP contribution in [0.2, 0.25) is 0 Å². The van der Waals surface area contributed by atoms with Gasteiger partial charge in [-0.3, -0.25) is 0 Å². The molecule has 0 saturated heterocycles. The van der Waals surface area contributed by atoms with Gasteiger partial charge >= 0.3 is 0 Å². The maximum atomic E-state index is 2.67. The molecule has 0 aromatic heterocycles. The summed E-state index contributed by atoms with van der Waals surface area (Å²) in [5, 5.41) is 1.23. The van der Waals surface area contributed by atoms with E-state index in [1.165, 1.54) is 11.0 Å². The van der Waals surface area contributed by atoms with E-state index < -0.39 is 0 Å². The zero-order chi connectivity index (χ0) is 7.56. The Hall–Kier alpha value is -0.485. The maximum Gasteiger partial charge on any atom is 0.0814 e. The van der Waals surface area contributed by atoms with Crippen molar-refractivity contribution in [3.63, 3.8) is 0 Å². The summed E-state index contributed by atoms with van der Waals surface area (Å²) in [6, 6.07) is 8.37. The maximum absolute atomic E-state index is 2.67. The van der Waals surface area contributed by atoms with Gasteiger partial charge in [0.1, 0.15) is 0 Å². The molecule has 0 bridgehead atoms. The Bertz CT molecular complexity index is 208. The summed E-state index contributed by atoms with van der Waals surface area (Å²) in [4.78, 5) is 2.09. The molecule has 1 rings (SSSR count). The molecule has 0 radical (unpaired) electrons. The predicted molar refractivity (Wildman–Crippen MR) is 60.1 cm³/mol. The largest absolute Gasteiger partial charge is 0.378 e. The zero-order valence-electron chi connectivity index (χ0n) is 6.33. The van der Waals surface area contributed by atoms with Gasteiger partial charge in [0.2, 0.25) is 0 Å². The molecule has 0 fully saturated rings. The molecular weight excluding hydrogens is 152 g/mol. The average Bonchev–Trinajstić information content (AvgIpc) is 1.88. The fraction of sp³-hybridized carbons (Fsp3) is 0.250. The van der Waals surface area contributed by atoms with Gasteiger partial charge in [-0.25, -0.2) is 0 Å². The van der Waals surface area contributed by atoms with Crippen LogP contribution in [-0.2, 0) is 0 Å². The number of hydrogen-bond donors (Lipinski definition) is 0. The molecular formula is C8H15BNP. The van der Waals surface area contributed by atoms with Crippen LogP contribution in [0.3, 0.4) is 0 Å². The summed E-state index contributed by atoms with van der Waals surface area (Å²) in [5.41, 5.74) is 1.24. The van der Waals surface area contributed by atoms with E-state index in [-0.39, 0.29) is 8.41 Å². The van der Waals surface area contributed by atoms with Crippen LogP contribution < -0.4 is 10.2 Å². The van der Waals surface area contributed by atoms with Crippen molar-refractivity contribution < 1.29 is 0 Å². The van der Waals surface area contributed by atoms with Crippen LogP contribution in [0.5, 0.6) is 0 Å². The van der Waals surface area contributed by atoms with Crippen LogP contribution in [-0.4, -0.2) is 22.5 Å². The van der Waals surface area contributed by atoms with Crippen molar-refractivity contribution in [1.29, 1.82) is 0 Å². The summed E-state index contributed by atoms with van der Waals surface area (Å²) < 4.78 is 0. The highest BCUT2D eigenvalue weighted by molar-refractivity contribution is 7.27. The number of benzene rings is 1. The van der Waals surface area contributed by atoms with E-state index in [9.17, 15) is 0 Å². The monoisotopic (exact) mass is 167 g/mol. The fourth-order valence-corrected chi connectivity index (χ4v) is 0.965. The van der Waals surface area contributed by atoms with Crippen molar-refractivity contribution in [2.75, 3.05) is 19.0 Å². The van der Waals surface area contributed by atoms with Crippen molar-refractivity contribution in [2.24, 2.45) is 0 Å². The smallest absolute Gasteiger partial charge is 0.0814 e. The van der Waals surface area contributed by atoms with Gasteiger partial charge in [0.15, 0.2) is 0 Å². The highest BCUT2D eigenvalue weighted by Crippen LogP contribution is 2.07. The van der Waals surface area contributed by atoms with Crippen molar-refractivity contribution in [1.82, 2.24) is 0 Å². The molecule has 1 aromatic rings. The minimum atomic E-state index is 0. The topological polar surface area (TPSA) is 3.24 Å². The van der Waals surface area contributed by atoms with E-state index in [0.717, 1.165) is 0 Å². The second kappa shape index (κ2) is 4.40. The number of nitrogens with zero attached hydrogens (tertiary/aromatic N) is 1. The van der Waals surface area contributed by atoms with Crippen molar-refractivity contribution in [3.05, 3.63) is 24.3 Å². The lowest BCUT2D eigenvalue weighted by Gasteiger charge is -2.11. The van der Waals surface area contributed by atoms with Gasteiger partial charge in [-0.1, -0.05) is 12.1 Å². The van der Waals surface area contributed by atoms with E-state index >= 15 is 0 Å². The molecule has 1 atom stereocenters. The van der Waals surface area contributed by atoms with Gasteiger partial charge in [-0.15, -0.1) is 9.24 Å². The molecule has 0 saturated carbocycles. The second-order valence-electron chi connectivity index (χ2n) is 2.49. The van der Waals surface area contributed by atoms with E-state index in [4.69, 9.17) is 0 Å². The van der Waals surface area contributed by atoms with Gasteiger partial charge in [-0.2, -0.15) is 0 Å². The Morgan fingerprint density at radius 1 is 1.09 bits per heavy atom. The van der Waals surface area contributed by atoms with Gasteiger partial charge in [-0.05, 0) is 17.4 Å². The molecule has 1 unspecified atom stereocenters. The highest BCUT2D eigenvalue weighted by atomic mass is 31.0. The summed E-state index contributed by atoms with van der Waals surface area (Å²) in [6.07, 6.45) is 0. The molecule has 0 spiro atoms. The van der Waals surface area contributed by atoms with E-state index in [1.807, 2.05) is 14.1 Å². The van der Waals surface area contributed by atoms with Gasteiger partial charge in [0.25, 0.3) is 0 Å².